The van der Waals surface area contributed by atoms with Crippen molar-refractivity contribution in [3.8, 4) is 17.1 Å². The van der Waals surface area contributed by atoms with Gasteiger partial charge in [-0.25, -0.2) is 0 Å². The third-order valence-electron chi connectivity index (χ3n) is 5.84. The first-order valence-electron chi connectivity index (χ1n) is 10.6. The molecule has 1 unspecified atom stereocenters. The average molecular weight is 433 g/mol. The van der Waals surface area contributed by atoms with E-state index in [4.69, 9.17) is 9.26 Å². The van der Waals surface area contributed by atoms with E-state index in [1.807, 2.05) is 42.2 Å². The fourth-order valence-electron chi connectivity index (χ4n) is 3.98. The molecular formula is C23H23N5O4. The predicted molar refractivity (Wildman–Crippen MR) is 116 cm³/mol. The number of anilines is 1. The van der Waals surface area contributed by atoms with Crippen molar-refractivity contribution in [3.63, 3.8) is 0 Å². The van der Waals surface area contributed by atoms with Crippen molar-refractivity contribution in [2.75, 3.05) is 38.1 Å². The number of carbonyl (C=O) groups excluding carboxylic acids is 2. The van der Waals surface area contributed by atoms with Gasteiger partial charge in [-0.2, -0.15) is 4.98 Å². The van der Waals surface area contributed by atoms with Crippen LogP contribution in [0, 0.1) is 0 Å². The third kappa shape index (κ3) is 3.94. The topological polar surface area (TPSA) is 101 Å². The molecule has 1 fully saturated rings. The first-order valence-corrected chi connectivity index (χ1v) is 10.6. The van der Waals surface area contributed by atoms with E-state index in [9.17, 15) is 9.59 Å². The first-order chi connectivity index (χ1) is 15.6. The SMILES string of the molecule is CC(c1nc(-c2ccccc2)no1)N1CCN(C(=O)c2ccc3c(c2)NC(=O)CO3)CC1. The highest BCUT2D eigenvalue weighted by Crippen LogP contribution is 2.29. The molecule has 2 aromatic carbocycles. The Morgan fingerprint density at radius 1 is 1.09 bits per heavy atom. The van der Waals surface area contributed by atoms with E-state index in [1.54, 1.807) is 18.2 Å². The van der Waals surface area contributed by atoms with Gasteiger partial charge < -0.3 is 19.5 Å². The number of aromatic nitrogens is 2. The van der Waals surface area contributed by atoms with E-state index < -0.39 is 0 Å². The van der Waals surface area contributed by atoms with Gasteiger partial charge in [0.2, 0.25) is 11.7 Å². The van der Waals surface area contributed by atoms with E-state index in [1.165, 1.54) is 0 Å². The highest BCUT2D eigenvalue weighted by Gasteiger charge is 2.29. The summed E-state index contributed by atoms with van der Waals surface area (Å²) in [7, 11) is 0. The van der Waals surface area contributed by atoms with Crippen molar-refractivity contribution in [1.82, 2.24) is 19.9 Å². The minimum Gasteiger partial charge on any atom is -0.482 e. The lowest BCUT2D eigenvalue weighted by molar-refractivity contribution is -0.118. The van der Waals surface area contributed by atoms with Gasteiger partial charge in [0.15, 0.2) is 6.61 Å². The maximum absolute atomic E-state index is 13.0. The number of carbonyl (C=O) groups is 2. The zero-order chi connectivity index (χ0) is 22.1. The summed E-state index contributed by atoms with van der Waals surface area (Å²) in [5.74, 6) is 1.43. The minimum atomic E-state index is -0.221. The van der Waals surface area contributed by atoms with Gasteiger partial charge in [0.25, 0.3) is 11.8 Å². The van der Waals surface area contributed by atoms with Crippen LogP contribution in [0.4, 0.5) is 5.69 Å². The van der Waals surface area contributed by atoms with Crippen LogP contribution in [-0.4, -0.2) is 64.5 Å². The molecule has 0 saturated carbocycles. The van der Waals surface area contributed by atoms with E-state index in [0.29, 0.717) is 54.9 Å². The lowest BCUT2D eigenvalue weighted by atomic mass is 10.1. The molecule has 0 aliphatic carbocycles. The highest BCUT2D eigenvalue weighted by atomic mass is 16.5. The molecule has 0 radical (unpaired) electrons. The van der Waals surface area contributed by atoms with Crippen LogP contribution in [0.1, 0.15) is 29.2 Å². The van der Waals surface area contributed by atoms with Crippen molar-refractivity contribution in [2.45, 2.75) is 13.0 Å². The van der Waals surface area contributed by atoms with Gasteiger partial charge in [-0.15, -0.1) is 0 Å². The maximum atomic E-state index is 13.0. The summed E-state index contributed by atoms with van der Waals surface area (Å²) in [5, 5.41) is 6.85. The second-order valence-corrected chi connectivity index (χ2v) is 7.87. The van der Waals surface area contributed by atoms with Gasteiger partial charge in [0.05, 0.1) is 11.7 Å². The smallest absolute Gasteiger partial charge is 0.262 e. The van der Waals surface area contributed by atoms with Gasteiger partial charge in [0.1, 0.15) is 5.75 Å². The van der Waals surface area contributed by atoms with Gasteiger partial charge in [-0.3, -0.25) is 14.5 Å². The molecule has 0 bridgehead atoms. The molecule has 9 heteroatoms. The van der Waals surface area contributed by atoms with E-state index in [-0.39, 0.29) is 24.5 Å². The molecule has 9 nitrogen and oxygen atoms in total. The number of ether oxygens (including phenoxy) is 1. The number of nitrogens with zero attached hydrogens (tertiary/aromatic N) is 4. The summed E-state index contributed by atoms with van der Waals surface area (Å²) in [5.41, 5.74) is 1.97. The van der Waals surface area contributed by atoms with Crippen LogP contribution < -0.4 is 10.1 Å². The molecule has 0 spiro atoms. The second kappa shape index (κ2) is 8.43. The standard InChI is InChI=1S/C23H23N5O4/c1-15(22-25-21(26-32-22)16-5-3-2-4-6-16)27-9-11-28(12-10-27)23(30)17-7-8-19-18(13-17)24-20(29)14-31-19/h2-8,13,15H,9-12,14H2,1H3,(H,24,29). The molecule has 2 amide bonds. The number of nitrogens with one attached hydrogen (secondary N) is 1. The molecule has 1 aromatic heterocycles. The van der Waals surface area contributed by atoms with Crippen LogP contribution in [0.5, 0.6) is 5.75 Å². The van der Waals surface area contributed by atoms with Crippen LogP contribution in [-0.2, 0) is 4.79 Å². The molecule has 1 N–H and O–H groups in total. The molecule has 1 atom stereocenters. The van der Waals surface area contributed by atoms with Gasteiger partial charge in [-0.1, -0.05) is 35.5 Å². The Hall–Kier alpha value is -3.72. The van der Waals surface area contributed by atoms with Gasteiger partial charge in [0, 0.05) is 37.3 Å². The summed E-state index contributed by atoms with van der Waals surface area (Å²) < 4.78 is 10.9. The van der Waals surface area contributed by atoms with Crippen LogP contribution >= 0.6 is 0 Å². The highest BCUT2D eigenvalue weighted by molar-refractivity contribution is 5.99. The summed E-state index contributed by atoms with van der Waals surface area (Å²) in [6, 6.07) is 14.8. The normalized spacial score (nSPS) is 17.3. The maximum Gasteiger partial charge on any atom is 0.262 e. The molecule has 2 aliphatic heterocycles. The number of hydrogen-bond donors (Lipinski definition) is 1. The number of hydrogen-bond acceptors (Lipinski definition) is 7. The van der Waals surface area contributed by atoms with E-state index in [2.05, 4.69) is 20.4 Å². The van der Waals surface area contributed by atoms with Crippen LogP contribution in [0.15, 0.2) is 53.1 Å². The third-order valence-corrected chi connectivity index (χ3v) is 5.84. The molecule has 5 rings (SSSR count). The summed E-state index contributed by atoms with van der Waals surface area (Å²) in [4.78, 5) is 33.1. The van der Waals surface area contributed by atoms with Crippen molar-refractivity contribution in [2.24, 2.45) is 0 Å². The van der Waals surface area contributed by atoms with Crippen molar-refractivity contribution in [3.05, 3.63) is 60.0 Å². The number of rotatable bonds is 4. The van der Waals surface area contributed by atoms with E-state index in [0.717, 1.165) is 5.56 Å². The van der Waals surface area contributed by atoms with Crippen LogP contribution in [0.25, 0.3) is 11.4 Å². The summed E-state index contributed by atoms with van der Waals surface area (Å²) in [6.07, 6.45) is 0. The van der Waals surface area contributed by atoms with Crippen molar-refractivity contribution >= 4 is 17.5 Å². The van der Waals surface area contributed by atoms with Crippen molar-refractivity contribution < 1.29 is 18.8 Å². The molecule has 2 aliphatic rings. The Morgan fingerprint density at radius 3 is 2.66 bits per heavy atom. The second-order valence-electron chi connectivity index (χ2n) is 7.87. The minimum absolute atomic E-state index is 0.00662. The molecular weight excluding hydrogens is 410 g/mol. The van der Waals surface area contributed by atoms with Crippen LogP contribution in [0.3, 0.4) is 0 Å². The van der Waals surface area contributed by atoms with Gasteiger partial charge in [-0.05, 0) is 25.1 Å². The number of amides is 2. The monoisotopic (exact) mass is 433 g/mol. The molecule has 3 heterocycles. The molecule has 3 aromatic rings. The van der Waals surface area contributed by atoms with Crippen molar-refractivity contribution in [1.29, 1.82) is 0 Å². The Balaban J connectivity index is 1.22. The first kappa shape index (κ1) is 20.2. The Bertz CT molecular complexity index is 1140. The quantitative estimate of drug-likeness (QED) is 0.675. The predicted octanol–water partition coefficient (Wildman–Crippen LogP) is 2.59. The Morgan fingerprint density at radius 2 is 1.88 bits per heavy atom. The summed E-state index contributed by atoms with van der Waals surface area (Å²) >= 11 is 0. The summed E-state index contributed by atoms with van der Waals surface area (Å²) in [6.45, 7) is 4.59. The number of piperazine rings is 1. The zero-order valence-electron chi connectivity index (χ0n) is 17.7. The molecule has 164 valence electrons. The Labute approximate surface area is 185 Å². The largest absolute Gasteiger partial charge is 0.482 e. The number of benzene rings is 2. The van der Waals surface area contributed by atoms with E-state index >= 15 is 0 Å². The van der Waals surface area contributed by atoms with Crippen LogP contribution in [0.2, 0.25) is 0 Å². The van der Waals surface area contributed by atoms with Gasteiger partial charge >= 0.3 is 0 Å². The fourth-order valence-corrected chi connectivity index (χ4v) is 3.98. The lowest BCUT2D eigenvalue weighted by Gasteiger charge is -2.37. The fraction of sp³-hybridized carbons (Fsp3) is 0.304. The Kier molecular flexibility index (Phi) is 5.32. The lowest BCUT2D eigenvalue weighted by Crippen LogP contribution is -2.49. The molecule has 32 heavy (non-hydrogen) atoms. The molecule has 1 saturated heterocycles. The zero-order valence-corrected chi connectivity index (χ0v) is 17.7. The average Bonchev–Trinajstić information content (AvgIpc) is 3.34. The number of fused-ring (bicyclic) bond motifs is 1.